The van der Waals surface area contributed by atoms with E-state index in [4.69, 9.17) is 0 Å². The zero-order valence-electron chi connectivity index (χ0n) is 15.6. The van der Waals surface area contributed by atoms with Gasteiger partial charge in [0.05, 0.1) is 17.4 Å². The summed E-state index contributed by atoms with van der Waals surface area (Å²) in [4.78, 5) is 4.31. The molecule has 7 nitrogen and oxygen atoms in total. The topological polar surface area (TPSA) is 73.8 Å². The van der Waals surface area contributed by atoms with Crippen LogP contribution in [-0.2, 0) is 7.05 Å². The van der Waals surface area contributed by atoms with Crippen LogP contribution in [-0.4, -0.2) is 34.6 Å². The molecule has 0 amide bonds. The van der Waals surface area contributed by atoms with Crippen LogP contribution in [0.3, 0.4) is 0 Å². The monoisotopic (exact) mass is 391 g/mol. The van der Waals surface area contributed by atoms with E-state index < -0.39 is 12.0 Å². The molecule has 1 unspecified atom stereocenters. The highest BCUT2D eigenvalue weighted by Crippen LogP contribution is 2.31. The molecule has 0 saturated carbocycles. The van der Waals surface area contributed by atoms with E-state index in [1.165, 1.54) is 16.6 Å². The molecule has 0 fully saturated rings. The number of pyridine rings is 1. The van der Waals surface area contributed by atoms with Crippen molar-refractivity contribution in [2.75, 3.05) is 0 Å². The summed E-state index contributed by atoms with van der Waals surface area (Å²) in [5.41, 5.74) is 3.05. The van der Waals surface area contributed by atoms with Gasteiger partial charge in [0.1, 0.15) is 5.82 Å². The van der Waals surface area contributed by atoms with Gasteiger partial charge >= 0.3 is 0 Å². The third-order valence-electron chi connectivity index (χ3n) is 4.76. The molecule has 1 aromatic carbocycles. The highest BCUT2D eigenvalue weighted by Gasteiger charge is 2.24. The second-order valence-electron chi connectivity index (χ2n) is 6.86. The van der Waals surface area contributed by atoms with Crippen molar-refractivity contribution in [2.45, 2.75) is 13.1 Å². The second-order valence-corrected chi connectivity index (χ2v) is 6.86. The lowest BCUT2D eigenvalue weighted by atomic mass is 10.0. The Morgan fingerprint density at radius 1 is 1.03 bits per heavy atom. The van der Waals surface area contributed by atoms with Gasteiger partial charge in [0, 0.05) is 47.6 Å². The van der Waals surface area contributed by atoms with Crippen LogP contribution in [0.25, 0.3) is 27.7 Å². The van der Waals surface area contributed by atoms with E-state index in [0.717, 1.165) is 11.1 Å². The Morgan fingerprint density at radius 2 is 1.90 bits per heavy atom. The molecule has 29 heavy (non-hydrogen) atoms. The first kappa shape index (κ1) is 17.4. The van der Waals surface area contributed by atoms with Crippen molar-refractivity contribution >= 4 is 16.6 Å². The van der Waals surface area contributed by atoms with E-state index in [0.29, 0.717) is 22.2 Å². The van der Waals surface area contributed by atoms with Gasteiger partial charge in [-0.1, -0.05) is 0 Å². The van der Waals surface area contributed by atoms with Gasteiger partial charge in [-0.15, -0.1) is 10.2 Å². The van der Waals surface area contributed by atoms with Gasteiger partial charge in [-0.25, -0.2) is 8.78 Å². The van der Waals surface area contributed by atoms with E-state index in [9.17, 15) is 4.39 Å². The molecule has 4 heterocycles. The van der Waals surface area contributed by atoms with Gasteiger partial charge < -0.3 is 0 Å². The Morgan fingerprint density at radius 3 is 2.69 bits per heavy atom. The minimum absolute atomic E-state index is 0.0710. The van der Waals surface area contributed by atoms with E-state index in [-0.39, 0.29) is 11.4 Å². The lowest BCUT2D eigenvalue weighted by Gasteiger charge is -2.10. The van der Waals surface area contributed by atoms with Crippen LogP contribution in [0.4, 0.5) is 8.78 Å². The molecule has 0 spiro atoms. The number of aryl methyl sites for hydroxylation is 2. The van der Waals surface area contributed by atoms with E-state index in [2.05, 4.69) is 25.4 Å². The Balaban J connectivity index is 1.63. The van der Waals surface area contributed by atoms with Crippen LogP contribution in [0, 0.1) is 12.7 Å². The summed E-state index contributed by atoms with van der Waals surface area (Å²) in [6, 6.07) is 7.96. The van der Waals surface area contributed by atoms with Crippen LogP contribution >= 0.6 is 0 Å². The molecule has 0 radical (unpaired) electrons. The zero-order chi connectivity index (χ0) is 20.1. The highest BCUT2D eigenvalue weighted by molar-refractivity contribution is 5.84. The fourth-order valence-electron chi connectivity index (χ4n) is 3.29. The van der Waals surface area contributed by atoms with Gasteiger partial charge in [0.15, 0.2) is 17.6 Å². The van der Waals surface area contributed by atoms with Crippen molar-refractivity contribution in [1.29, 1.82) is 0 Å². The van der Waals surface area contributed by atoms with Crippen molar-refractivity contribution in [3.05, 3.63) is 71.8 Å². The molecule has 144 valence electrons. The lowest BCUT2D eigenvalue weighted by molar-refractivity contribution is 0.365. The smallest absolute Gasteiger partial charge is 0.193 e. The predicted molar refractivity (Wildman–Crippen MR) is 102 cm³/mol. The van der Waals surface area contributed by atoms with Crippen LogP contribution in [0.15, 0.2) is 48.9 Å². The maximum absolute atomic E-state index is 15.3. The number of halogens is 2. The van der Waals surface area contributed by atoms with Crippen LogP contribution in [0.2, 0.25) is 0 Å². The molecule has 5 rings (SSSR count). The minimum atomic E-state index is -1.83. The number of benzene rings is 1. The number of hydrogen-bond donors (Lipinski definition) is 0. The van der Waals surface area contributed by atoms with Crippen molar-refractivity contribution in [3.8, 4) is 11.1 Å². The quantitative estimate of drug-likeness (QED) is 0.470. The molecule has 4 aromatic heterocycles. The Kier molecular flexibility index (Phi) is 3.83. The average molecular weight is 391 g/mol. The molecule has 1 atom stereocenters. The summed E-state index contributed by atoms with van der Waals surface area (Å²) in [5.74, 6) is -0.769. The van der Waals surface area contributed by atoms with Crippen LogP contribution < -0.4 is 0 Å². The zero-order valence-corrected chi connectivity index (χ0v) is 15.6. The molecule has 0 aliphatic rings. The summed E-state index contributed by atoms with van der Waals surface area (Å²) >= 11 is 0. The largest absolute Gasteiger partial charge is 0.275 e. The number of aromatic nitrogens is 7. The third kappa shape index (κ3) is 2.91. The fraction of sp³-hybridized carbons (Fsp3) is 0.150. The number of rotatable bonds is 3. The first-order chi connectivity index (χ1) is 14.0. The summed E-state index contributed by atoms with van der Waals surface area (Å²) in [7, 11) is 1.82. The maximum atomic E-state index is 15.3. The Bertz CT molecular complexity index is 1370. The van der Waals surface area contributed by atoms with Crippen molar-refractivity contribution < 1.29 is 8.78 Å². The molecule has 0 saturated heterocycles. The molecule has 0 aliphatic carbocycles. The number of alkyl halides is 1. The average Bonchev–Trinajstić information content (AvgIpc) is 3.32. The molecule has 0 bridgehead atoms. The standard InChI is InChI=1S/C20H15F2N7/c1-11-3-4-18-25-26-20(29(18)27-11)19(22)15-6-12-5-13(14-9-24-28(2)10-14)8-23-17(12)7-16(15)21/h3-10,19H,1-2H3. The van der Waals surface area contributed by atoms with Crippen LogP contribution in [0.5, 0.6) is 0 Å². The van der Waals surface area contributed by atoms with Gasteiger partial charge in [-0.2, -0.15) is 14.7 Å². The van der Waals surface area contributed by atoms with Crippen LogP contribution in [0.1, 0.15) is 23.3 Å². The Labute approximate surface area is 163 Å². The molecular formula is C20H15F2N7. The first-order valence-electron chi connectivity index (χ1n) is 8.91. The fourth-order valence-corrected chi connectivity index (χ4v) is 3.29. The lowest BCUT2D eigenvalue weighted by Crippen LogP contribution is -2.06. The van der Waals surface area contributed by atoms with E-state index in [1.807, 2.05) is 19.3 Å². The predicted octanol–water partition coefficient (Wildman–Crippen LogP) is 3.58. The van der Waals surface area contributed by atoms with Gasteiger partial charge in [-0.3, -0.25) is 9.67 Å². The third-order valence-corrected chi connectivity index (χ3v) is 4.76. The normalized spacial score (nSPS) is 12.7. The molecule has 9 heteroatoms. The molecule has 5 aromatic rings. The van der Waals surface area contributed by atoms with E-state index in [1.54, 1.807) is 36.1 Å². The number of fused-ring (bicyclic) bond motifs is 2. The summed E-state index contributed by atoms with van der Waals surface area (Å²) in [6.07, 6.45) is 3.37. The Hall–Kier alpha value is -3.75. The first-order valence-corrected chi connectivity index (χ1v) is 8.91. The maximum Gasteiger partial charge on any atom is 0.193 e. The summed E-state index contributed by atoms with van der Waals surface area (Å²) < 4.78 is 33.0. The minimum Gasteiger partial charge on any atom is -0.275 e. The SMILES string of the molecule is Cc1ccc2nnc(C(F)c3cc4cc(-c5cnn(C)c5)cnc4cc3F)n2n1. The van der Waals surface area contributed by atoms with Gasteiger partial charge in [0.2, 0.25) is 0 Å². The number of hydrogen-bond acceptors (Lipinski definition) is 5. The molecule has 0 aliphatic heterocycles. The van der Waals surface area contributed by atoms with E-state index >= 15 is 4.39 Å². The van der Waals surface area contributed by atoms with Crippen molar-refractivity contribution in [2.24, 2.45) is 7.05 Å². The van der Waals surface area contributed by atoms with Crippen molar-refractivity contribution in [3.63, 3.8) is 0 Å². The summed E-state index contributed by atoms with van der Waals surface area (Å²) in [6.45, 7) is 1.78. The van der Waals surface area contributed by atoms with Gasteiger partial charge in [0.25, 0.3) is 0 Å². The molecule has 0 N–H and O–H groups in total. The summed E-state index contributed by atoms with van der Waals surface area (Å²) in [5, 5.41) is 16.8. The highest BCUT2D eigenvalue weighted by atomic mass is 19.1. The number of nitrogens with zero attached hydrogens (tertiary/aromatic N) is 7. The van der Waals surface area contributed by atoms with Crippen molar-refractivity contribution in [1.82, 2.24) is 34.6 Å². The second kappa shape index (κ2) is 6.40. The van der Waals surface area contributed by atoms with Gasteiger partial charge in [-0.05, 0) is 31.2 Å². The molecular weight excluding hydrogens is 376 g/mol.